The molecule has 2 aromatic heterocycles. The van der Waals surface area contributed by atoms with E-state index in [0.29, 0.717) is 28.2 Å². The van der Waals surface area contributed by atoms with Crippen molar-refractivity contribution in [3.63, 3.8) is 0 Å². The number of carbonyl (C=O) groups is 1. The Morgan fingerprint density at radius 3 is 2.93 bits per heavy atom. The number of aromatic nitrogens is 5. The molecular weight excluding hydrogens is 464 g/mol. The third-order valence-electron chi connectivity index (χ3n) is 3.58. The number of phenolic OH excluding ortho intramolecular Hbond substituents is 1. The molecule has 146 valence electrons. The summed E-state index contributed by atoms with van der Waals surface area (Å²) in [6.07, 6.45) is 2.48. The molecule has 0 unspecified atom stereocenters. The third-order valence-corrected chi connectivity index (χ3v) is 6.02. The molecule has 0 radical (unpaired) electrons. The van der Waals surface area contributed by atoms with Crippen LogP contribution in [0.5, 0.6) is 5.75 Å². The smallest absolute Gasteiger partial charge is 0.236 e. The highest BCUT2D eigenvalue weighted by molar-refractivity contribution is 9.10. The van der Waals surface area contributed by atoms with Crippen LogP contribution in [0, 0.1) is 0 Å². The quantitative estimate of drug-likeness (QED) is 0.373. The van der Waals surface area contributed by atoms with Crippen molar-refractivity contribution in [2.45, 2.75) is 25.0 Å². The normalized spacial score (nSPS) is 10.8. The lowest BCUT2D eigenvalue weighted by atomic mass is 10.2. The molecular formula is C17H17BrN6O2S2. The number of benzene rings is 1. The first kappa shape index (κ1) is 20.5. The second-order valence-corrected chi connectivity index (χ2v) is 8.48. The van der Waals surface area contributed by atoms with E-state index in [1.54, 1.807) is 28.8 Å². The van der Waals surface area contributed by atoms with Gasteiger partial charge in [0.05, 0.1) is 11.3 Å². The fourth-order valence-corrected chi connectivity index (χ4v) is 4.11. The molecule has 0 spiro atoms. The molecule has 2 heterocycles. The van der Waals surface area contributed by atoms with Crippen LogP contribution in [0.4, 0.5) is 5.13 Å². The van der Waals surface area contributed by atoms with E-state index in [0.717, 1.165) is 15.9 Å². The molecule has 0 aliphatic carbocycles. The van der Waals surface area contributed by atoms with E-state index < -0.39 is 0 Å². The Bertz CT molecular complexity index is 1000. The lowest BCUT2D eigenvalue weighted by Gasteiger charge is -2.09. The fourth-order valence-electron chi connectivity index (χ4n) is 2.31. The number of allylic oxidation sites excluding steroid dienone is 1. The van der Waals surface area contributed by atoms with Crippen molar-refractivity contribution < 1.29 is 9.90 Å². The zero-order valence-electron chi connectivity index (χ0n) is 14.9. The van der Waals surface area contributed by atoms with Crippen LogP contribution in [0.2, 0.25) is 0 Å². The number of thioether (sulfide) groups is 1. The maximum atomic E-state index is 12.2. The minimum atomic E-state index is -0.205. The third kappa shape index (κ3) is 4.78. The summed E-state index contributed by atoms with van der Waals surface area (Å²) < 4.78 is 2.61. The Morgan fingerprint density at radius 2 is 2.21 bits per heavy atom. The average Bonchev–Trinajstić information content (AvgIpc) is 3.29. The van der Waals surface area contributed by atoms with Crippen molar-refractivity contribution in [1.29, 1.82) is 0 Å². The van der Waals surface area contributed by atoms with Gasteiger partial charge in [-0.15, -0.1) is 27.0 Å². The molecule has 8 nitrogen and oxygen atoms in total. The minimum absolute atomic E-state index is 0.0956. The van der Waals surface area contributed by atoms with E-state index in [4.69, 9.17) is 0 Å². The molecule has 0 saturated carbocycles. The zero-order valence-corrected chi connectivity index (χ0v) is 18.1. The summed E-state index contributed by atoms with van der Waals surface area (Å²) >= 11 is 6.00. The monoisotopic (exact) mass is 480 g/mol. The van der Waals surface area contributed by atoms with Crippen LogP contribution < -0.4 is 5.32 Å². The van der Waals surface area contributed by atoms with E-state index in [-0.39, 0.29) is 17.4 Å². The van der Waals surface area contributed by atoms with Gasteiger partial charge >= 0.3 is 0 Å². The summed E-state index contributed by atoms with van der Waals surface area (Å²) in [7, 11) is 0. The van der Waals surface area contributed by atoms with Crippen molar-refractivity contribution >= 4 is 50.1 Å². The zero-order chi connectivity index (χ0) is 20.1. The number of anilines is 1. The van der Waals surface area contributed by atoms with Crippen molar-refractivity contribution in [2.75, 3.05) is 11.1 Å². The lowest BCUT2D eigenvalue weighted by Crippen LogP contribution is -2.14. The van der Waals surface area contributed by atoms with Gasteiger partial charge in [0.2, 0.25) is 11.0 Å². The first-order valence-electron chi connectivity index (χ1n) is 8.29. The summed E-state index contributed by atoms with van der Waals surface area (Å²) in [5.41, 5.74) is 0.543. The number of halogens is 1. The molecule has 0 saturated heterocycles. The molecule has 11 heteroatoms. The van der Waals surface area contributed by atoms with E-state index in [1.807, 2.05) is 6.92 Å². The first-order chi connectivity index (χ1) is 13.5. The standard InChI is InChI=1S/C17H17BrN6O2S2/c1-3-7-24-15(11-8-10(18)5-6-12(11)25)21-23-17(24)27-9-13(26)19-16-22-20-14(4-2)28-16/h3,5-6,8,25H,1,4,7,9H2,2H3,(H,19,22,26). The number of aryl methyl sites for hydroxylation is 1. The summed E-state index contributed by atoms with van der Waals surface area (Å²) in [5.74, 6) is 0.529. The Balaban J connectivity index is 1.75. The molecule has 0 atom stereocenters. The topological polar surface area (TPSA) is 106 Å². The molecule has 0 aliphatic heterocycles. The van der Waals surface area contributed by atoms with Crippen molar-refractivity contribution in [3.05, 3.63) is 40.3 Å². The number of amides is 1. The Hall–Kier alpha value is -2.24. The highest BCUT2D eigenvalue weighted by Crippen LogP contribution is 2.32. The van der Waals surface area contributed by atoms with Crippen molar-refractivity contribution in [2.24, 2.45) is 0 Å². The highest BCUT2D eigenvalue weighted by atomic mass is 79.9. The molecule has 0 bridgehead atoms. The van der Waals surface area contributed by atoms with Gasteiger partial charge in [-0.1, -0.05) is 52.0 Å². The number of aromatic hydroxyl groups is 1. The first-order valence-corrected chi connectivity index (χ1v) is 10.9. The SMILES string of the molecule is C=CCn1c(SCC(=O)Nc2nnc(CC)s2)nnc1-c1cc(Br)ccc1O. The van der Waals surface area contributed by atoms with Gasteiger partial charge in [0.1, 0.15) is 10.8 Å². The van der Waals surface area contributed by atoms with Gasteiger partial charge in [0.25, 0.3) is 0 Å². The van der Waals surface area contributed by atoms with Crippen LogP contribution in [0.25, 0.3) is 11.4 Å². The van der Waals surface area contributed by atoms with Crippen molar-refractivity contribution in [3.8, 4) is 17.1 Å². The van der Waals surface area contributed by atoms with E-state index >= 15 is 0 Å². The second kappa shape index (κ2) is 9.30. The number of rotatable bonds is 8. The second-order valence-electron chi connectivity index (χ2n) is 5.56. The van der Waals surface area contributed by atoms with E-state index in [2.05, 4.69) is 48.2 Å². The lowest BCUT2D eigenvalue weighted by molar-refractivity contribution is -0.113. The van der Waals surface area contributed by atoms with Crippen LogP contribution >= 0.6 is 39.0 Å². The van der Waals surface area contributed by atoms with Gasteiger partial charge in [-0.2, -0.15) is 0 Å². The molecule has 3 rings (SSSR count). The van der Waals surface area contributed by atoms with Gasteiger partial charge in [0.15, 0.2) is 11.0 Å². The Morgan fingerprint density at radius 1 is 1.39 bits per heavy atom. The van der Waals surface area contributed by atoms with Crippen LogP contribution in [-0.2, 0) is 17.8 Å². The molecule has 28 heavy (non-hydrogen) atoms. The Kier molecular flexibility index (Phi) is 6.81. The maximum absolute atomic E-state index is 12.2. The minimum Gasteiger partial charge on any atom is -0.507 e. The number of phenols is 1. The maximum Gasteiger partial charge on any atom is 0.236 e. The number of nitrogens with zero attached hydrogens (tertiary/aromatic N) is 5. The van der Waals surface area contributed by atoms with Crippen molar-refractivity contribution in [1.82, 2.24) is 25.0 Å². The van der Waals surface area contributed by atoms with Crippen LogP contribution in [0.15, 0.2) is 40.5 Å². The number of nitrogens with one attached hydrogen (secondary N) is 1. The molecule has 2 N–H and O–H groups in total. The van der Waals surface area contributed by atoms with Gasteiger partial charge in [0, 0.05) is 11.0 Å². The van der Waals surface area contributed by atoms with Crippen LogP contribution in [0.1, 0.15) is 11.9 Å². The highest BCUT2D eigenvalue weighted by Gasteiger charge is 2.18. The fraction of sp³-hybridized carbons (Fsp3) is 0.235. The summed E-state index contributed by atoms with van der Waals surface area (Å²) in [5, 5.41) is 31.1. The largest absolute Gasteiger partial charge is 0.507 e. The van der Waals surface area contributed by atoms with Crippen LogP contribution in [0.3, 0.4) is 0 Å². The van der Waals surface area contributed by atoms with Gasteiger partial charge in [-0.05, 0) is 24.6 Å². The average molecular weight is 481 g/mol. The summed E-state index contributed by atoms with van der Waals surface area (Å²) in [6, 6.07) is 5.09. The molecule has 1 amide bonds. The molecule has 1 aromatic carbocycles. The molecule has 0 fully saturated rings. The Labute approximate surface area is 178 Å². The predicted molar refractivity (Wildman–Crippen MR) is 114 cm³/mol. The molecule has 0 aliphatic rings. The van der Waals surface area contributed by atoms with E-state index in [9.17, 15) is 9.90 Å². The number of hydrogen-bond donors (Lipinski definition) is 2. The number of hydrogen-bond acceptors (Lipinski definition) is 8. The number of carbonyl (C=O) groups excluding carboxylic acids is 1. The summed E-state index contributed by atoms with van der Waals surface area (Å²) in [4.78, 5) is 12.2. The van der Waals surface area contributed by atoms with Gasteiger partial charge < -0.3 is 5.11 Å². The molecule has 3 aromatic rings. The van der Waals surface area contributed by atoms with E-state index in [1.165, 1.54) is 23.1 Å². The van der Waals surface area contributed by atoms with Crippen LogP contribution in [-0.4, -0.2) is 41.7 Å². The summed E-state index contributed by atoms with van der Waals surface area (Å²) in [6.45, 7) is 6.18. The predicted octanol–water partition coefficient (Wildman–Crippen LogP) is 3.74. The van der Waals surface area contributed by atoms with Gasteiger partial charge in [-0.25, -0.2) is 0 Å². The van der Waals surface area contributed by atoms with Gasteiger partial charge in [-0.3, -0.25) is 14.7 Å².